The van der Waals surface area contributed by atoms with Crippen molar-refractivity contribution in [2.75, 3.05) is 13.2 Å². The molecule has 0 bridgehead atoms. The smallest absolute Gasteiger partial charge is 0.446 e. The van der Waals surface area contributed by atoms with Crippen molar-refractivity contribution in [3.63, 3.8) is 0 Å². The minimum absolute atomic E-state index is 0.303. The number of unbranched alkanes of at least 4 members (excludes halogenated alkanes) is 1. The van der Waals surface area contributed by atoms with Gasteiger partial charge >= 0.3 is 12.2 Å². The van der Waals surface area contributed by atoms with Crippen molar-refractivity contribution in [2.24, 2.45) is 0 Å². The summed E-state index contributed by atoms with van der Waals surface area (Å²) in [6.45, 7) is 9.66. The first-order valence-electron chi connectivity index (χ1n) is 6.24. The predicted octanol–water partition coefficient (Wildman–Crippen LogP) is 2.52. The minimum atomic E-state index is -0.642. The van der Waals surface area contributed by atoms with Crippen LogP contribution in [0.15, 0.2) is 0 Å². The summed E-state index contributed by atoms with van der Waals surface area (Å²) in [5.41, 5.74) is 1.75. The summed E-state index contributed by atoms with van der Waals surface area (Å²) in [6, 6.07) is 0. The summed E-state index contributed by atoms with van der Waals surface area (Å²) in [5.74, 6) is 0. The van der Waals surface area contributed by atoms with Crippen molar-refractivity contribution in [1.29, 1.82) is 0 Å². The molecule has 0 unspecified atom stereocenters. The lowest BCUT2D eigenvalue weighted by Gasteiger charge is -2.18. The van der Waals surface area contributed by atoms with E-state index in [4.69, 9.17) is 9.47 Å². The Bertz CT molecular complexity index is 274. The Balaban J connectivity index is 4.17. The maximum Gasteiger partial charge on any atom is 0.596 e. The third-order valence-electron chi connectivity index (χ3n) is 1.89. The van der Waals surface area contributed by atoms with E-state index >= 15 is 0 Å². The number of hydrogen-bond donors (Lipinski definition) is 1. The molecule has 0 fully saturated rings. The number of hydrazine groups is 1. The van der Waals surface area contributed by atoms with Crippen LogP contribution in [0.5, 0.6) is 0 Å². The molecule has 2 amide bonds. The summed E-state index contributed by atoms with van der Waals surface area (Å²) < 4.78 is 10.0. The number of carbonyl (C=O) groups excluding carboxylic acids is 2. The molecule has 1 N–H and O–H groups in total. The van der Waals surface area contributed by atoms with Gasteiger partial charge in [-0.2, -0.15) is 4.79 Å². The summed E-state index contributed by atoms with van der Waals surface area (Å²) in [5, 5.41) is 1.08. The van der Waals surface area contributed by atoms with Gasteiger partial charge in [-0.25, -0.2) is 4.79 Å². The van der Waals surface area contributed by atoms with Crippen LogP contribution in [0.1, 0.15) is 47.5 Å². The second kappa shape index (κ2) is 7.92. The number of rotatable bonds is 4. The average molecular weight is 260 g/mol. The Morgan fingerprint density at radius 2 is 1.83 bits per heavy atom. The average Bonchev–Trinajstić information content (AvgIpc) is 2.23. The molecule has 1 radical (unpaired) electrons. The van der Waals surface area contributed by atoms with E-state index in [2.05, 4.69) is 5.43 Å². The predicted molar refractivity (Wildman–Crippen MR) is 68.3 cm³/mol. The van der Waals surface area contributed by atoms with E-state index in [9.17, 15) is 9.59 Å². The molecular weight excluding hydrogens is 236 g/mol. The van der Waals surface area contributed by atoms with Crippen LogP contribution in [0.2, 0.25) is 0 Å². The quantitative estimate of drug-likeness (QED) is 0.479. The lowest BCUT2D eigenvalue weighted by molar-refractivity contribution is 0.0327. The fourth-order valence-corrected chi connectivity index (χ4v) is 1.02. The van der Waals surface area contributed by atoms with Gasteiger partial charge in [0.05, 0.1) is 11.6 Å². The topological polar surface area (TPSA) is 70.5 Å². The molecule has 0 aliphatic carbocycles. The zero-order chi connectivity index (χ0) is 14.2. The zero-order valence-corrected chi connectivity index (χ0v) is 11.9. The van der Waals surface area contributed by atoms with E-state index in [0.717, 1.165) is 17.9 Å². The third-order valence-corrected chi connectivity index (χ3v) is 1.89. The van der Waals surface area contributed by atoms with Crippen LogP contribution in [0.4, 0.5) is 9.59 Å². The first-order chi connectivity index (χ1) is 8.30. The molecule has 0 aliphatic heterocycles. The normalized spacial score (nSPS) is 11.2. The molecule has 0 spiro atoms. The van der Waals surface area contributed by atoms with Gasteiger partial charge < -0.3 is 9.47 Å². The van der Waals surface area contributed by atoms with Crippen LogP contribution in [0, 0.1) is 0 Å². The van der Waals surface area contributed by atoms with Gasteiger partial charge in [0.2, 0.25) is 0 Å². The fourth-order valence-electron chi connectivity index (χ4n) is 1.02. The van der Waals surface area contributed by atoms with Crippen molar-refractivity contribution in [3.8, 4) is 0 Å². The third kappa shape index (κ3) is 7.89. The van der Waals surface area contributed by atoms with Crippen LogP contribution in [0.25, 0.3) is 0 Å². The second-order valence-corrected chi connectivity index (χ2v) is 4.83. The minimum Gasteiger partial charge on any atom is -0.446 e. The maximum absolute atomic E-state index is 11.7. The molecule has 0 aromatic heterocycles. The van der Waals surface area contributed by atoms with Crippen molar-refractivity contribution >= 4 is 12.2 Å². The number of nitrogens with zero attached hydrogens (tertiary/aromatic N) is 1. The Hall–Kier alpha value is -1.30. The number of amides is 2. The first-order valence-corrected chi connectivity index (χ1v) is 6.24. The lowest BCUT2D eigenvalue weighted by atomic mass is 10.2. The molecule has 0 atom stereocenters. The highest BCUT2D eigenvalue weighted by Gasteiger charge is 2.34. The summed E-state index contributed by atoms with van der Waals surface area (Å²) >= 11 is 0. The molecule has 18 heavy (non-hydrogen) atoms. The van der Waals surface area contributed by atoms with Crippen LogP contribution in [0.3, 0.4) is 0 Å². The molecule has 0 saturated heterocycles. The molecule has 0 aromatic rings. The van der Waals surface area contributed by atoms with Crippen molar-refractivity contribution in [2.45, 2.75) is 53.1 Å². The van der Waals surface area contributed by atoms with E-state index in [1.54, 1.807) is 27.7 Å². The Morgan fingerprint density at radius 1 is 1.22 bits per heavy atom. The molecule has 0 heterocycles. The number of carbonyl (C=O) groups is 2. The van der Waals surface area contributed by atoms with Gasteiger partial charge in [0.15, 0.2) is 6.54 Å². The van der Waals surface area contributed by atoms with Crippen LogP contribution in [-0.4, -0.2) is 30.9 Å². The van der Waals surface area contributed by atoms with Gasteiger partial charge in [-0.05, 0) is 34.1 Å². The van der Waals surface area contributed by atoms with Gasteiger partial charge in [-0.15, -0.1) is 5.43 Å². The SMILES string of the molecule is CCCCOC(=O)N[N+](CC)C(=O)OC(C)(C)C. The van der Waals surface area contributed by atoms with Crippen molar-refractivity contribution in [3.05, 3.63) is 0 Å². The van der Waals surface area contributed by atoms with Crippen LogP contribution < -0.4 is 10.4 Å². The number of nitrogens with one attached hydrogen (secondary N) is 1. The Kier molecular flexibility index (Phi) is 7.35. The molecule has 6 heteroatoms. The molecule has 0 rings (SSSR count). The lowest BCUT2D eigenvalue weighted by Crippen LogP contribution is -2.53. The standard InChI is InChI=1S/C12H24N2O4/c1-6-8-9-17-10(15)13-14(7-2)11(16)18-12(3,4)5/h6-9H2,1-5H3,(H,13,15)/q+1. The van der Waals surface area contributed by atoms with Gasteiger partial charge in [-0.3, -0.25) is 0 Å². The molecular formula is C12H24N2O4+. The molecule has 0 saturated carbocycles. The van der Waals surface area contributed by atoms with E-state index in [1.807, 2.05) is 6.92 Å². The number of ether oxygens (including phenoxy) is 2. The second-order valence-electron chi connectivity index (χ2n) is 4.83. The highest BCUT2D eigenvalue weighted by molar-refractivity contribution is 5.76. The van der Waals surface area contributed by atoms with Crippen molar-refractivity contribution < 1.29 is 19.1 Å². The van der Waals surface area contributed by atoms with Gasteiger partial charge in [0, 0.05) is 0 Å². The zero-order valence-electron chi connectivity index (χ0n) is 11.9. The van der Waals surface area contributed by atoms with Gasteiger partial charge in [-0.1, -0.05) is 13.3 Å². The van der Waals surface area contributed by atoms with Crippen molar-refractivity contribution in [1.82, 2.24) is 10.4 Å². The van der Waals surface area contributed by atoms with E-state index in [-0.39, 0.29) is 0 Å². The van der Waals surface area contributed by atoms with Gasteiger partial charge in [0.25, 0.3) is 0 Å². The monoisotopic (exact) mass is 260 g/mol. The summed E-state index contributed by atoms with van der Waals surface area (Å²) in [4.78, 5) is 23.1. The Labute approximate surface area is 109 Å². The van der Waals surface area contributed by atoms with Crippen LogP contribution in [-0.2, 0) is 9.47 Å². The molecule has 0 aromatic carbocycles. The van der Waals surface area contributed by atoms with E-state index in [1.165, 1.54) is 0 Å². The Morgan fingerprint density at radius 3 is 2.28 bits per heavy atom. The first kappa shape index (κ1) is 16.7. The largest absolute Gasteiger partial charge is 0.596 e. The molecule has 6 nitrogen and oxygen atoms in total. The van der Waals surface area contributed by atoms with Crippen LogP contribution >= 0.6 is 0 Å². The number of hydrogen-bond acceptors (Lipinski definition) is 4. The van der Waals surface area contributed by atoms with E-state index < -0.39 is 17.8 Å². The summed E-state index contributed by atoms with van der Waals surface area (Å²) in [7, 11) is 0. The fraction of sp³-hybridized carbons (Fsp3) is 0.833. The highest BCUT2D eigenvalue weighted by Crippen LogP contribution is 2.08. The molecule has 105 valence electrons. The summed E-state index contributed by atoms with van der Waals surface area (Å²) in [6.07, 6.45) is 0.497. The maximum atomic E-state index is 11.7. The van der Waals surface area contributed by atoms with E-state index in [0.29, 0.717) is 13.2 Å². The molecule has 0 aliphatic rings. The highest BCUT2D eigenvalue weighted by atomic mass is 16.6. The van der Waals surface area contributed by atoms with Gasteiger partial charge in [0.1, 0.15) is 5.60 Å².